The molecule has 0 spiro atoms. The summed E-state index contributed by atoms with van der Waals surface area (Å²) in [5.41, 5.74) is 3.83. The molecule has 2 aliphatic heterocycles. The molecule has 9 nitrogen and oxygen atoms in total. The molecule has 11 heteroatoms. The topological polar surface area (TPSA) is 119 Å². The second-order valence-corrected chi connectivity index (χ2v) is 11.1. The quantitative estimate of drug-likeness (QED) is 0.151. The van der Waals surface area contributed by atoms with Crippen molar-refractivity contribution in [3.8, 4) is 0 Å². The molecular formula is C30H35ClN3O6P. The van der Waals surface area contributed by atoms with Gasteiger partial charge in [-0.1, -0.05) is 49.1 Å². The van der Waals surface area contributed by atoms with E-state index in [0.29, 0.717) is 37.5 Å². The molecule has 4 rings (SSSR count). The number of amides is 2. The molecule has 1 saturated heterocycles. The lowest BCUT2D eigenvalue weighted by Gasteiger charge is -2.25. The molecule has 41 heavy (non-hydrogen) atoms. The van der Waals surface area contributed by atoms with Gasteiger partial charge in [0, 0.05) is 59.9 Å². The van der Waals surface area contributed by atoms with Gasteiger partial charge in [0.05, 0.1) is 13.1 Å². The number of hydrogen-bond acceptors (Lipinski definition) is 7. The van der Waals surface area contributed by atoms with Crippen molar-refractivity contribution in [1.29, 1.82) is 0 Å². The Bertz CT molecular complexity index is 1310. The average molecular weight is 600 g/mol. The Hall–Kier alpha value is -3.07. The van der Waals surface area contributed by atoms with Gasteiger partial charge in [-0.2, -0.15) is 0 Å². The number of nitrogens with one attached hydrogen (secondary N) is 1. The van der Waals surface area contributed by atoms with Crippen molar-refractivity contribution in [2.75, 3.05) is 32.1 Å². The van der Waals surface area contributed by atoms with Crippen LogP contribution in [-0.4, -0.2) is 69.2 Å². The number of nitrogens with zero attached hydrogens (tertiary/aromatic N) is 2. The first-order valence-electron chi connectivity index (χ1n) is 13.5. The van der Waals surface area contributed by atoms with Crippen molar-refractivity contribution in [2.24, 2.45) is 11.8 Å². The molecule has 0 aromatic heterocycles. The summed E-state index contributed by atoms with van der Waals surface area (Å²) in [6.45, 7) is 6.34. The van der Waals surface area contributed by atoms with E-state index in [1.54, 1.807) is 46.3 Å². The number of carbonyl (C=O) groups excluding carboxylic acids is 3. The summed E-state index contributed by atoms with van der Waals surface area (Å²) in [5, 5.41) is 2.97. The van der Waals surface area contributed by atoms with Crippen LogP contribution in [0.2, 0.25) is 0 Å². The standard InChI is InChI=1S/C30H35ClN3O6P/c1-3-5-7-9-22-13-24-23(16-31)19-34(26(24)15-28(22)40-41(38)39)30(37)18-32-17-29(36)33-11-10-20-12-21(8-6-4-2)27(35)14-25(20)33/h3-9,14-15,20,23,32,38-39H,1,10-13,16-19H2,2H3/b6-4?,7-5?,21-8+,22-9?. The van der Waals surface area contributed by atoms with Gasteiger partial charge in [-0.25, -0.2) is 0 Å². The monoisotopic (exact) mass is 599 g/mol. The van der Waals surface area contributed by atoms with Gasteiger partial charge in [-0.05, 0) is 37.3 Å². The lowest BCUT2D eigenvalue weighted by molar-refractivity contribution is -0.129. The number of fused-ring (bicyclic) bond motifs is 1. The Kier molecular flexibility index (Phi) is 10.7. The minimum Gasteiger partial charge on any atom is -0.427 e. The van der Waals surface area contributed by atoms with Gasteiger partial charge in [0.15, 0.2) is 5.78 Å². The van der Waals surface area contributed by atoms with Crippen LogP contribution in [0.1, 0.15) is 26.2 Å². The molecule has 218 valence electrons. The van der Waals surface area contributed by atoms with Gasteiger partial charge in [-0.15, -0.1) is 11.6 Å². The number of likely N-dealkylation sites (tertiary alicyclic amines) is 1. The van der Waals surface area contributed by atoms with Crippen LogP contribution in [0.5, 0.6) is 0 Å². The highest BCUT2D eigenvalue weighted by Crippen LogP contribution is 2.44. The fourth-order valence-corrected chi connectivity index (χ4v) is 6.17. The molecule has 2 aliphatic carbocycles. The van der Waals surface area contributed by atoms with E-state index in [9.17, 15) is 24.2 Å². The second kappa shape index (κ2) is 14.2. The van der Waals surface area contributed by atoms with Crippen LogP contribution in [0.25, 0.3) is 0 Å². The van der Waals surface area contributed by atoms with E-state index < -0.39 is 8.60 Å². The van der Waals surface area contributed by atoms with Crippen LogP contribution in [-0.2, 0) is 18.9 Å². The number of ketones is 1. The molecule has 2 heterocycles. The van der Waals surface area contributed by atoms with E-state index in [-0.39, 0.29) is 48.3 Å². The number of hydrogen-bond donors (Lipinski definition) is 3. The minimum atomic E-state index is -2.66. The van der Waals surface area contributed by atoms with E-state index in [2.05, 4.69) is 11.9 Å². The molecule has 0 saturated carbocycles. The van der Waals surface area contributed by atoms with Crippen LogP contribution in [0, 0.1) is 11.8 Å². The van der Waals surface area contributed by atoms with Crippen molar-refractivity contribution in [3.63, 3.8) is 0 Å². The highest BCUT2D eigenvalue weighted by atomic mass is 35.5. The van der Waals surface area contributed by atoms with Gasteiger partial charge >= 0.3 is 8.60 Å². The molecule has 2 unspecified atom stereocenters. The summed E-state index contributed by atoms with van der Waals surface area (Å²) >= 11 is 6.26. The summed E-state index contributed by atoms with van der Waals surface area (Å²) in [6.07, 6.45) is 17.6. The fraction of sp³-hybridized carbons (Fsp3) is 0.367. The zero-order valence-corrected chi connectivity index (χ0v) is 24.6. The smallest absolute Gasteiger partial charge is 0.391 e. The van der Waals surface area contributed by atoms with Crippen molar-refractivity contribution in [2.45, 2.75) is 26.2 Å². The van der Waals surface area contributed by atoms with Gasteiger partial charge in [0.2, 0.25) is 11.8 Å². The summed E-state index contributed by atoms with van der Waals surface area (Å²) in [5.74, 6) is 0.150. The van der Waals surface area contributed by atoms with Gasteiger partial charge in [-0.3, -0.25) is 19.7 Å². The van der Waals surface area contributed by atoms with Crippen molar-refractivity contribution < 1.29 is 28.7 Å². The predicted octanol–water partition coefficient (Wildman–Crippen LogP) is 3.92. The number of halogens is 1. The molecule has 2 atom stereocenters. The normalized spacial score (nSPS) is 24.6. The maximum atomic E-state index is 13.3. The third kappa shape index (κ3) is 7.23. The van der Waals surface area contributed by atoms with Gasteiger partial charge in [0.1, 0.15) is 5.76 Å². The molecule has 3 N–H and O–H groups in total. The first-order valence-corrected chi connectivity index (χ1v) is 15.2. The summed E-state index contributed by atoms with van der Waals surface area (Å²) in [4.78, 5) is 61.1. The molecule has 0 aromatic carbocycles. The SMILES string of the molecule is C=CC=CC=C1CC2=C(C=C1OP(O)O)N(C(=O)CNCC(=O)N1CCC3C/C(=C\C=CC)C(=O)C=C31)CC2CCl. The van der Waals surface area contributed by atoms with E-state index in [4.69, 9.17) is 16.1 Å². The first-order chi connectivity index (χ1) is 19.8. The zero-order valence-electron chi connectivity index (χ0n) is 23.0. The number of alkyl halides is 1. The number of rotatable bonds is 10. The minimum absolute atomic E-state index is 0.0457. The van der Waals surface area contributed by atoms with Crippen LogP contribution in [0.3, 0.4) is 0 Å². The maximum Gasteiger partial charge on any atom is 0.391 e. The van der Waals surface area contributed by atoms with E-state index >= 15 is 0 Å². The highest BCUT2D eigenvalue weighted by molar-refractivity contribution is 7.39. The van der Waals surface area contributed by atoms with Gasteiger partial charge < -0.3 is 24.1 Å². The number of allylic oxidation sites excluding steroid dienone is 12. The van der Waals surface area contributed by atoms with E-state index in [1.807, 2.05) is 25.2 Å². The van der Waals surface area contributed by atoms with Crippen LogP contribution in [0.15, 0.2) is 95.1 Å². The molecule has 4 aliphatic rings. The van der Waals surface area contributed by atoms with Crippen molar-refractivity contribution in [1.82, 2.24) is 15.1 Å². The zero-order chi connectivity index (χ0) is 29.5. The molecule has 0 aromatic rings. The predicted molar refractivity (Wildman–Crippen MR) is 159 cm³/mol. The Morgan fingerprint density at radius 1 is 1.15 bits per heavy atom. The Morgan fingerprint density at radius 3 is 2.56 bits per heavy atom. The largest absolute Gasteiger partial charge is 0.427 e. The maximum absolute atomic E-state index is 13.3. The number of carbonyl (C=O) groups is 3. The van der Waals surface area contributed by atoms with Gasteiger partial charge in [0.25, 0.3) is 0 Å². The van der Waals surface area contributed by atoms with Crippen LogP contribution in [0.4, 0.5) is 0 Å². The molecule has 1 fully saturated rings. The Labute approximate surface area is 246 Å². The second-order valence-electron chi connectivity index (χ2n) is 10.1. The van der Waals surface area contributed by atoms with E-state index in [0.717, 1.165) is 28.8 Å². The third-order valence-electron chi connectivity index (χ3n) is 7.53. The van der Waals surface area contributed by atoms with Crippen LogP contribution >= 0.6 is 20.2 Å². The lowest BCUT2D eigenvalue weighted by Crippen LogP contribution is -2.42. The third-order valence-corrected chi connectivity index (χ3v) is 8.26. The summed E-state index contributed by atoms with van der Waals surface area (Å²) < 4.78 is 5.29. The molecular weight excluding hydrogens is 565 g/mol. The molecule has 0 bridgehead atoms. The van der Waals surface area contributed by atoms with E-state index in [1.165, 1.54) is 0 Å². The lowest BCUT2D eigenvalue weighted by atomic mass is 9.87. The highest BCUT2D eigenvalue weighted by Gasteiger charge is 2.38. The fourth-order valence-electron chi connectivity index (χ4n) is 5.54. The summed E-state index contributed by atoms with van der Waals surface area (Å²) in [6, 6.07) is 0. The summed E-state index contributed by atoms with van der Waals surface area (Å²) in [7, 11) is -2.66. The van der Waals surface area contributed by atoms with Crippen molar-refractivity contribution >= 4 is 37.8 Å². The average Bonchev–Trinajstić information content (AvgIpc) is 3.52. The Morgan fingerprint density at radius 2 is 1.88 bits per heavy atom. The first kappa shape index (κ1) is 30.9. The van der Waals surface area contributed by atoms with Crippen molar-refractivity contribution in [3.05, 3.63) is 95.1 Å². The molecule has 2 amide bonds. The Balaban J connectivity index is 1.41. The van der Waals surface area contributed by atoms with Crippen LogP contribution < -0.4 is 5.32 Å². The molecule has 0 radical (unpaired) electrons.